The molecule has 13 heavy (non-hydrogen) atoms. The Morgan fingerprint density at radius 2 is 2.15 bits per heavy atom. The van der Waals surface area contributed by atoms with Crippen molar-refractivity contribution in [2.75, 3.05) is 0 Å². The van der Waals surface area contributed by atoms with Crippen molar-refractivity contribution in [2.24, 2.45) is 0 Å². The van der Waals surface area contributed by atoms with Crippen LogP contribution in [0.3, 0.4) is 0 Å². The highest BCUT2D eigenvalue weighted by molar-refractivity contribution is 5.79. The van der Waals surface area contributed by atoms with Crippen LogP contribution in [0.4, 0.5) is 8.78 Å². The number of fused-ring (bicyclic) bond motifs is 1. The SMILES string of the molecule is [CH2]c1cccc2[nH]c(C(F)F)nc12. The Morgan fingerprint density at radius 3 is 2.77 bits per heavy atom. The molecule has 0 spiro atoms. The molecule has 1 heterocycles. The van der Waals surface area contributed by atoms with E-state index >= 15 is 0 Å². The number of benzene rings is 1. The number of alkyl halides is 2. The number of imidazole rings is 1. The molecule has 4 heteroatoms. The lowest BCUT2D eigenvalue weighted by molar-refractivity contribution is 0.142. The Balaban J connectivity index is 2.68. The molecule has 0 aliphatic heterocycles. The van der Waals surface area contributed by atoms with Gasteiger partial charge in [-0.3, -0.25) is 0 Å². The van der Waals surface area contributed by atoms with Crippen LogP contribution >= 0.6 is 0 Å². The Bertz CT molecular complexity index is 434. The quantitative estimate of drug-likeness (QED) is 0.719. The van der Waals surface area contributed by atoms with Crippen LogP contribution in [0.5, 0.6) is 0 Å². The fourth-order valence-electron chi connectivity index (χ4n) is 1.21. The van der Waals surface area contributed by atoms with Crippen molar-refractivity contribution < 1.29 is 8.78 Å². The number of nitrogens with zero attached hydrogens (tertiary/aromatic N) is 1. The van der Waals surface area contributed by atoms with Gasteiger partial charge in [-0.15, -0.1) is 0 Å². The smallest absolute Gasteiger partial charge is 0.295 e. The molecular weight excluding hydrogens is 174 g/mol. The first-order valence-corrected chi connectivity index (χ1v) is 3.77. The van der Waals surface area contributed by atoms with Crippen molar-refractivity contribution in [3.63, 3.8) is 0 Å². The maximum Gasteiger partial charge on any atom is 0.295 e. The Labute approximate surface area is 73.6 Å². The molecule has 0 unspecified atom stereocenters. The average molecular weight is 181 g/mol. The maximum absolute atomic E-state index is 12.2. The van der Waals surface area contributed by atoms with E-state index in [0.29, 0.717) is 16.6 Å². The summed E-state index contributed by atoms with van der Waals surface area (Å²) in [4.78, 5) is 6.28. The van der Waals surface area contributed by atoms with E-state index in [1.165, 1.54) is 0 Å². The van der Waals surface area contributed by atoms with E-state index in [1.54, 1.807) is 18.2 Å². The van der Waals surface area contributed by atoms with Crippen LogP contribution in [0, 0.1) is 6.92 Å². The number of aromatic amines is 1. The van der Waals surface area contributed by atoms with E-state index in [1.807, 2.05) is 0 Å². The molecule has 0 bridgehead atoms. The molecule has 2 rings (SSSR count). The summed E-state index contributed by atoms with van der Waals surface area (Å²) in [7, 11) is 0. The van der Waals surface area contributed by atoms with E-state index < -0.39 is 6.43 Å². The number of nitrogens with one attached hydrogen (secondary N) is 1. The van der Waals surface area contributed by atoms with Gasteiger partial charge in [-0.05, 0) is 18.6 Å². The number of rotatable bonds is 1. The third kappa shape index (κ3) is 1.28. The first kappa shape index (κ1) is 8.16. The highest BCUT2D eigenvalue weighted by atomic mass is 19.3. The first-order chi connectivity index (χ1) is 6.18. The van der Waals surface area contributed by atoms with Crippen LogP contribution in [0.1, 0.15) is 17.8 Å². The van der Waals surface area contributed by atoms with Crippen LogP contribution in [-0.2, 0) is 0 Å². The van der Waals surface area contributed by atoms with E-state index in [2.05, 4.69) is 16.9 Å². The zero-order valence-corrected chi connectivity index (χ0v) is 6.72. The lowest BCUT2D eigenvalue weighted by Crippen LogP contribution is -1.85. The van der Waals surface area contributed by atoms with Crippen molar-refractivity contribution in [1.82, 2.24) is 9.97 Å². The standard InChI is InChI=1S/C9H7F2N2/c1-5-3-2-4-6-7(5)13-9(12-6)8(10)11/h2-4,8H,1H2,(H,12,13). The molecular formula is C9H7F2N2. The third-order valence-corrected chi connectivity index (χ3v) is 1.82. The second-order valence-corrected chi connectivity index (χ2v) is 2.74. The van der Waals surface area contributed by atoms with E-state index in [0.717, 1.165) is 0 Å². The largest absolute Gasteiger partial charge is 0.337 e. The van der Waals surface area contributed by atoms with Gasteiger partial charge in [-0.25, -0.2) is 13.8 Å². The first-order valence-electron chi connectivity index (χ1n) is 3.77. The van der Waals surface area contributed by atoms with Gasteiger partial charge in [0.1, 0.15) is 0 Å². The number of hydrogen-bond donors (Lipinski definition) is 1. The highest BCUT2D eigenvalue weighted by Crippen LogP contribution is 2.21. The molecule has 0 fully saturated rings. The molecule has 1 aromatic heterocycles. The van der Waals surface area contributed by atoms with Crippen LogP contribution in [0.15, 0.2) is 18.2 Å². The molecule has 0 amide bonds. The molecule has 2 aromatic rings. The maximum atomic E-state index is 12.2. The second-order valence-electron chi connectivity index (χ2n) is 2.74. The van der Waals surface area contributed by atoms with Gasteiger partial charge < -0.3 is 4.98 Å². The summed E-state index contributed by atoms with van der Waals surface area (Å²) in [6, 6.07) is 5.18. The van der Waals surface area contributed by atoms with Gasteiger partial charge in [0.05, 0.1) is 11.0 Å². The third-order valence-electron chi connectivity index (χ3n) is 1.82. The summed E-state index contributed by atoms with van der Waals surface area (Å²) < 4.78 is 24.4. The number of para-hydroxylation sites is 1. The van der Waals surface area contributed by atoms with Gasteiger partial charge in [0.2, 0.25) is 0 Å². The predicted molar refractivity (Wildman–Crippen MR) is 45.5 cm³/mol. The summed E-state index contributed by atoms with van der Waals surface area (Å²) in [5.41, 5.74) is 1.77. The van der Waals surface area contributed by atoms with Crippen molar-refractivity contribution in [3.05, 3.63) is 36.5 Å². The van der Waals surface area contributed by atoms with Crippen LogP contribution in [-0.4, -0.2) is 9.97 Å². The molecule has 67 valence electrons. The van der Waals surface area contributed by atoms with Crippen molar-refractivity contribution in [1.29, 1.82) is 0 Å². The van der Waals surface area contributed by atoms with Gasteiger partial charge >= 0.3 is 0 Å². The lowest BCUT2D eigenvalue weighted by atomic mass is 10.2. The average Bonchev–Trinajstić information content (AvgIpc) is 2.49. The van der Waals surface area contributed by atoms with E-state index in [9.17, 15) is 8.78 Å². The fourth-order valence-corrected chi connectivity index (χ4v) is 1.21. The fraction of sp³-hybridized carbons (Fsp3) is 0.111. The van der Waals surface area contributed by atoms with Crippen LogP contribution in [0.25, 0.3) is 11.0 Å². The number of halogens is 2. The topological polar surface area (TPSA) is 28.7 Å². The molecule has 1 aromatic carbocycles. The molecule has 1 radical (unpaired) electrons. The minimum absolute atomic E-state index is 0.300. The number of H-pyrrole nitrogens is 1. The molecule has 0 atom stereocenters. The minimum atomic E-state index is -2.56. The van der Waals surface area contributed by atoms with Crippen molar-refractivity contribution >= 4 is 11.0 Å². The molecule has 0 saturated carbocycles. The van der Waals surface area contributed by atoms with Crippen LogP contribution in [0.2, 0.25) is 0 Å². The van der Waals surface area contributed by atoms with Gasteiger partial charge in [0.15, 0.2) is 5.82 Å². The molecule has 0 saturated heterocycles. The lowest BCUT2D eigenvalue weighted by Gasteiger charge is -1.90. The van der Waals surface area contributed by atoms with Gasteiger partial charge in [0, 0.05) is 0 Å². The van der Waals surface area contributed by atoms with Crippen molar-refractivity contribution in [2.45, 2.75) is 6.43 Å². The molecule has 2 nitrogen and oxygen atoms in total. The zero-order chi connectivity index (χ0) is 9.42. The van der Waals surface area contributed by atoms with Gasteiger partial charge in [-0.1, -0.05) is 12.1 Å². The summed E-state index contributed by atoms with van der Waals surface area (Å²) in [6.07, 6.45) is -2.56. The molecule has 0 aliphatic carbocycles. The molecule has 0 aliphatic rings. The molecule has 1 N–H and O–H groups in total. The minimum Gasteiger partial charge on any atom is -0.337 e. The number of hydrogen-bond acceptors (Lipinski definition) is 1. The summed E-state index contributed by atoms with van der Waals surface area (Å²) in [5, 5.41) is 0. The Hall–Kier alpha value is -1.45. The van der Waals surface area contributed by atoms with Gasteiger partial charge in [0.25, 0.3) is 6.43 Å². The zero-order valence-electron chi connectivity index (χ0n) is 6.72. The predicted octanol–water partition coefficient (Wildman–Crippen LogP) is 2.68. The monoisotopic (exact) mass is 181 g/mol. The number of aromatic nitrogens is 2. The summed E-state index contributed by atoms with van der Waals surface area (Å²) in [6.45, 7) is 3.69. The summed E-state index contributed by atoms with van der Waals surface area (Å²) in [5.74, 6) is -0.300. The Morgan fingerprint density at radius 1 is 1.38 bits per heavy atom. The summed E-state index contributed by atoms with van der Waals surface area (Å²) >= 11 is 0. The van der Waals surface area contributed by atoms with E-state index in [4.69, 9.17) is 0 Å². The second kappa shape index (κ2) is 2.80. The normalized spacial score (nSPS) is 11.4. The van der Waals surface area contributed by atoms with Gasteiger partial charge in [-0.2, -0.15) is 0 Å². The van der Waals surface area contributed by atoms with E-state index in [-0.39, 0.29) is 5.82 Å². The Kier molecular flexibility index (Phi) is 1.76. The van der Waals surface area contributed by atoms with Crippen LogP contribution < -0.4 is 0 Å². The van der Waals surface area contributed by atoms with Crippen molar-refractivity contribution in [3.8, 4) is 0 Å². The highest BCUT2D eigenvalue weighted by Gasteiger charge is 2.12.